The van der Waals surface area contributed by atoms with Crippen LogP contribution in [0.5, 0.6) is 0 Å². The Kier molecular flexibility index (Phi) is 5.50. The first kappa shape index (κ1) is 18.6. The number of halogens is 1. The molecule has 1 heterocycles. The highest BCUT2D eigenvalue weighted by atomic mass is 19.1. The number of aryl methyl sites for hydroxylation is 2. The zero-order chi connectivity index (χ0) is 19.4. The average Bonchev–Trinajstić information content (AvgIpc) is 2.64. The summed E-state index contributed by atoms with van der Waals surface area (Å²) < 4.78 is 15.8. The normalized spacial score (nSPS) is 10.6. The van der Waals surface area contributed by atoms with E-state index in [2.05, 4.69) is 5.32 Å². The lowest BCUT2D eigenvalue weighted by molar-refractivity contribution is 0.102. The lowest BCUT2D eigenvalue weighted by Gasteiger charge is -2.17. The molecule has 0 unspecified atom stereocenters. The Bertz CT molecular complexity index is 1030. The second-order valence-corrected chi connectivity index (χ2v) is 6.43. The third-order valence-corrected chi connectivity index (χ3v) is 4.59. The van der Waals surface area contributed by atoms with Gasteiger partial charge in [-0.25, -0.2) is 4.39 Å². The van der Waals surface area contributed by atoms with Gasteiger partial charge in [-0.3, -0.25) is 9.59 Å². The van der Waals surface area contributed by atoms with E-state index in [0.29, 0.717) is 12.2 Å². The molecule has 0 saturated heterocycles. The lowest BCUT2D eigenvalue weighted by atomic mass is 10.1. The minimum atomic E-state index is -0.601. The molecule has 0 aliphatic heterocycles. The summed E-state index contributed by atoms with van der Waals surface area (Å²) >= 11 is 0. The van der Waals surface area contributed by atoms with Crippen molar-refractivity contribution in [2.75, 3.05) is 5.32 Å². The number of benzene rings is 2. The van der Waals surface area contributed by atoms with Crippen molar-refractivity contribution in [2.24, 2.45) is 0 Å². The van der Waals surface area contributed by atoms with E-state index in [1.165, 1.54) is 23.8 Å². The fourth-order valence-corrected chi connectivity index (χ4v) is 3.17. The number of pyridine rings is 1. The van der Waals surface area contributed by atoms with Gasteiger partial charge in [0.1, 0.15) is 11.4 Å². The summed E-state index contributed by atoms with van der Waals surface area (Å²) in [6.07, 6.45) is 0.778. The molecule has 27 heavy (non-hydrogen) atoms. The predicted octanol–water partition coefficient (Wildman–Crippen LogP) is 4.10. The molecule has 3 aromatic rings. The zero-order valence-electron chi connectivity index (χ0n) is 15.3. The van der Waals surface area contributed by atoms with Gasteiger partial charge in [0, 0.05) is 24.0 Å². The Morgan fingerprint density at radius 3 is 2.41 bits per heavy atom. The Labute approximate surface area is 157 Å². The molecular weight excluding hydrogens is 343 g/mol. The maximum Gasteiger partial charge on any atom is 0.261 e. The van der Waals surface area contributed by atoms with Crippen molar-refractivity contribution >= 4 is 11.6 Å². The van der Waals surface area contributed by atoms with E-state index in [1.807, 2.05) is 41.8 Å². The molecule has 2 aromatic carbocycles. The van der Waals surface area contributed by atoms with E-state index in [-0.39, 0.29) is 16.7 Å². The van der Waals surface area contributed by atoms with Crippen LogP contribution in [0.25, 0.3) is 0 Å². The van der Waals surface area contributed by atoms with Crippen LogP contribution in [0.2, 0.25) is 0 Å². The first-order chi connectivity index (χ1) is 13.0. The van der Waals surface area contributed by atoms with E-state index in [0.717, 1.165) is 12.1 Å². The molecule has 0 aliphatic rings. The molecule has 4 nitrogen and oxygen atoms in total. The zero-order valence-corrected chi connectivity index (χ0v) is 15.3. The summed E-state index contributed by atoms with van der Waals surface area (Å²) in [6.45, 7) is 4.23. The highest BCUT2D eigenvalue weighted by Gasteiger charge is 2.18. The fourth-order valence-electron chi connectivity index (χ4n) is 3.17. The smallest absolute Gasteiger partial charge is 0.261 e. The fraction of sp³-hybridized carbons (Fsp3) is 0.182. The highest BCUT2D eigenvalue weighted by molar-refractivity contribution is 6.05. The number of para-hydroxylation sites is 1. The van der Waals surface area contributed by atoms with Crippen molar-refractivity contribution in [1.82, 2.24) is 4.57 Å². The molecule has 1 aromatic heterocycles. The summed E-state index contributed by atoms with van der Waals surface area (Å²) in [6, 6.07) is 17.3. The number of amides is 1. The van der Waals surface area contributed by atoms with Gasteiger partial charge < -0.3 is 9.88 Å². The summed E-state index contributed by atoms with van der Waals surface area (Å²) in [5.74, 6) is -1.14. The summed E-state index contributed by atoms with van der Waals surface area (Å²) in [5.41, 5.74) is 2.26. The van der Waals surface area contributed by atoms with Gasteiger partial charge in [0.15, 0.2) is 5.43 Å². The Morgan fingerprint density at radius 1 is 1.04 bits per heavy atom. The van der Waals surface area contributed by atoms with Crippen molar-refractivity contribution in [3.63, 3.8) is 0 Å². The largest absolute Gasteiger partial charge is 0.348 e. The first-order valence-corrected chi connectivity index (χ1v) is 8.78. The third-order valence-electron chi connectivity index (χ3n) is 4.59. The number of carbonyl (C=O) groups excluding carboxylic acids is 1. The van der Waals surface area contributed by atoms with Crippen LogP contribution >= 0.6 is 0 Å². The highest BCUT2D eigenvalue weighted by Crippen LogP contribution is 2.15. The molecule has 0 spiro atoms. The van der Waals surface area contributed by atoms with E-state index in [9.17, 15) is 14.0 Å². The topological polar surface area (TPSA) is 51.1 Å². The molecule has 3 rings (SSSR count). The van der Waals surface area contributed by atoms with Gasteiger partial charge >= 0.3 is 0 Å². The van der Waals surface area contributed by atoms with E-state index < -0.39 is 11.7 Å². The van der Waals surface area contributed by atoms with Crippen LogP contribution in [0.1, 0.15) is 27.3 Å². The first-order valence-electron chi connectivity index (χ1n) is 8.78. The molecule has 1 amide bonds. The van der Waals surface area contributed by atoms with Crippen LogP contribution in [-0.4, -0.2) is 10.5 Å². The molecule has 0 atom stereocenters. The maximum atomic E-state index is 13.8. The van der Waals surface area contributed by atoms with Gasteiger partial charge in [-0.15, -0.1) is 0 Å². The van der Waals surface area contributed by atoms with E-state index in [1.54, 1.807) is 19.1 Å². The number of nitrogens with one attached hydrogen (secondary N) is 1. The minimum Gasteiger partial charge on any atom is -0.348 e. The molecule has 5 heteroatoms. The molecule has 0 radical (unpaired) electrons. The van der Waals surface area contributed by atoms with Gasteiger partial charge in [0.25, 0.3) is 5.91 Å². The number of rotatable bonds is 5. The number of hydrogen-bond acceptors (Lipinski definition) is 2. The lowest BCUT2D eigenvalue weighted by Crippen LogP contribution is -2.27. The van der Waals surface area contributed by atoms with Gasteiger partial charge in [0.05, 0.1) is 5.69 Å². The van der Waals surface area contributed by atoms with Crippen LogP contribution < -0.4 is 10.7 Å². The molecule has 1 N–H and O–H groups in total. The number of hydrogen-bond donors (Lipinski definition) is 1. The van der Waals surface area contributed by atoms with Crippen molar-refractivity contribution in [3.05, 3.63) is 99.2 Å². The molecule has 138 valence electrons. The maximum absolute atomic E-state index is 13.8. The molecule has 0 fully saturated rings. The van der Waals surface area contributed by atoms with Crippen LogP contribution in [0.15, 0.2) is 65.5 Å². The van der Waals surface area contributed by atoms with E-state index in [4.69, 9.17) is 0 Å². The Morgan fingerprint density at radius 2 is 1.70 bits per heavy atom. The quantitative estimate of drug-likeness (QED) is 0.741. The van der Waals surface area contributed by atoms with Gasteiger partial charge in [-0.1, -0.05) is 42.5 Å². The van der Waals surface area contributed by atoms with Crippen molar-refractivity contribution < 1.29 is 9.18 Å². The predicted molar refractivity (Wildman–Crippen MR) is 105 cm³/mol. The van der Waals surface area contributed by atoms with Crippen molar-refractivity contribution in [3.8, 4) is 0 Å². The molecule has 0 saturated carbocycles. The van der Waals surface area contributed by atoms with E-state index >= 15 is 0 Å². The Hall–Kier alpha value is -3.21. The standard InChI is InChI=1S/C22H21FN2O2/c1-15-14-20(26)21(22(27)24-19-11-7-6-10-18(19)23)16(2)25(15)13-12-17-8-4-3-5-9-17/h3-11,14H,12-13H2,1-2H3,(H,24,27). The average molecular weight is 364 g/mol. The number of aromatic nitrogens is 1. The van der Waals surface area contributed by atoms with Crippen LogP contribution in [0.3, 0.4) is 0 Å². The molecule has 0 bridgehead atoms. The number of carbonyl (C=O) groups is 1. The van der Waals surface area contributed by atoms with Crippen molar-refractivity contribution in [2.45, 2.75) is 26.8 Å². The van der Waals surface area contributed by atoms with Crippen molar-refractivity contribution in [1.29, 1.82) is 0 Å². The summed E-state index contributed by atoms with van der Waals surface area (Å²) in [7, 11) is 0. The third kappa shape index (κ3) is 4.14. The summed E-state index contributed by atoms with van der Waals surface area (Å²) in [5, 5.41) is 2.50. The second kappa shape index (κ2) is 7.99. The Balaban J connectivity index is 1.90. The van der Waals surface area contributed by atoms with Gasteiger partial charge in [-0.2, -0.15) is 0 Å². The number of anilines is 1. The minimum absolute atomic E-state index is 0.0388. The molecular formula is C22H21FN2O2. The van der Waals surface area contributed by atoms with Gasteiger partial charge in [0.2, 0.25) is 0 Å². The number of nitrogens with zero attached hydrogens (tertiary/aromatic N) is 1. The SMILES string of the molecule is Cc1cc(=O)c(C(=O)Nc2ccccc2F)c(C)n1CCc1ccccc1. The van der Waals surface area contributed by atoms with Crippen LogP contribution in [0, 0.1) is 19.7 Å². The van der Waals surface area contributed by atoms with Crippen LogP contribution in [0.4, 0.5) is 10.1 Å². The van der Waals surface area contributed by atoms with Crippen LogP contribution in [-0.2, 0) is 13.0 Å². The van der Waals surface area contributed by atoms with Gasteiger partial charge in [-0.05, 0) is 38.0 Å². The molecule has 0 aliphatic carbocycles. The monoisotopic (exact) mass is 364 g/mol. The summed E-state index contributed by atoms with van der Waals surface area (Å²) in [4.78, 5) is 25.1. The second-order valence-electron chi connectivity index (χ2n) is 6.43.